The number of hydrogen-bond donors (Lipinski definition) is 0. The molecule has 0 fully saturated rings. The van der Waals surface area contributed by atoms with Gasteiger partial charge in [-0.25, -0.2) is 24.6 Å². The minimum Gasteiger partial charge on any atom is -0.419 e. The Balaban J connectivity index is 1.82. The molecule has 0 aliphatic carbocycles. The minimum absolute atomic E-state index is 0.106. The van der Waals surface area contributed by atoms with Gasteiger partial charge >= 0.3 is 6.09 Å². The van der Waals surface area contributed by atoms with Crippen LogP contribution in [0.4, 0.5) is 10.6 Å². The molecule has 1 unspecified atom stereocenters. The molecule has 0 saturated heterocycles. The van der Waals surface area contributed by atoms with E-state index in [4.69, 9.17) is 16.3 Å². The highest BCUT2D eigenvalue weighted by Gasteiger charge is 2.44. The Hall–Kier alpha value is -3.33. The van der Waals surface area contributed by atoms with Gasteiger partial charge in [0, 0.05) is 31.9 Å². The molecule has 0 aromatic carbocycles. The number of aromatic nitrogens is 4. The van der Waals surface area contributed by atoms with E-state index in [2.05, 4.69) is 19.9 Å². The van der Waals surface area contributed by atoms with Crippen molar-refractivity contribution in [3.8, 4) is 0 Å². The standard InChI is InChI=1S/C17H13ClN6O3/c1-23(2)17(26)27-16-13-12(19-7-8-20-13)15(25)24(16)11-6-4-9-3-5-10(18)21-14(9)22-11/h3-8,16H,1-2H3. The fourth-order valence-electron chi connectivity index (χ4n) is 2.67. The number of rotatable bonds is 2. The summed E-state index contributed by atoms with van der Waals surface area (Å²) in [5, 5.41) is 1.03. The van der Waals surface area contributed by atoms with Crippen LogP contribution in [0.2, 0.25) is 5.15 Å². The fourth-order valence-corrected chi connectivity index (χ4v) is 2.81. The van der Waals surface area contributed by atoms with Gasteiger partial charge < -0.3 is 9.64 Å². The first kappa shape index (κ1) is 17.1. The number of halogens is 1. The molecule has 3 aromatic heterocycles. The molecule has 0 saturated carbocycles. The Morgan fingerprint density at radius 2 is 1.89 bits per heavy atom. The molecule has 4 rings (SSSR count). The molecular formula is C17H13ClN6O3. The van der Waals surface area contributed by atoms with Gasteiger partial charge in [0.15, 0.2) is 11.3 Å². The summed E-state index contributed by atoms with van der Waals surface area (Å²) in [5.74, 6) is -0.220. The summed E-state index contributed by atoms with van der Waals surface area (Å²) in [6, 6.07) is 6.81. The topological polar surface area (TPSA) is 101 Å². The zero-order valence-corrected chi connectivity index (χ0v) is 15.1. The van der Waals surface area contributed by atoms with Crippen LogP contribution in [0, 0.1) is 0 Å². The van der Waals surface area contributed by atoms with E-state index in [1.54, 1.807) is 38.4 Å². The molecule has 0 spiro atoms. The molecule has 0 N–H and O–H groups in total. The number of nitrogens with zero attached hydrogens (tertiary/aromatic N) is 6. The number of fused-ring (bicyclic) bond motifs is 2. The summed E-state index contributed by atoms with van der Waals surface area (Å²) < 4.78 is 5.48. The van der Waals surface area contributed by atoms with Crippen LogP contribution in [0.5, 0.6) is 0 Å². The van der Waals surface area contributed by atoms with Crippen LogP contribution in [0.3, 0.4) is 0 Å². The molecule has 1 aliphatic heterocycles. The highest BCUT2D eigenvalue weighted by atomic mass is 35.5. The van der Waals surface area contributed by atoms with E-state index in [0.29, 0.717) is 5.65 Å². The maximum atomic E-state index is 12.9. The van der Waals surface area contributed by atoms with Crippen LogP contribution in [-0.2, 0) is 4.74 Å². The first-order valence-electron chi connectivity index (χ1n) is 7.91. The predicted molar refractivity (Wildman–Crippen MR) is 96.3 cm³/mol. The molecule has 4 heterocycles. The van der Waals surface area contributed by atoms with Crippen molar-refractivity contribution in [1.82, 2.24) is 24.8 Å². The van der Waals surface area contributed by atoms with E-state index in [0.717, 1.165) is 5.39 Å². The summed E-state index contributed by atoms with van der Waals surface area (Å²) in [5.41, 5.74) is 0.719. The van der Waals surface area contributed by atoms with Crippen LogP contribution >= 0.6 is 11.6 Å². The summed E-state index contributed by atoms with van der Waals surface area (Å²) in [7, 11) is 3.09. The Kier molecular flexibility index (Phi) is 4.08. The lowest BCUT2D eigenvalue weighted by molar-refractivity contribution is 0.0686. The molecule has 10 heteroatoms. The van der Waals surface area contributed by atoms with Crippen molar-refractivity contribution >= 4 is 40.5 Å². The van der Waals surface area contributed by atoms with Crippen molar-refractivity contribution in [1.29, 1.82) is 0 Å². The van der Waals surface area contributed by atoms with Crippen molar-refractivity contribution in [2.24, 2.45) is 0 Å². The van der Waals surface area contributed by atoms with Crippen molar-refractivity contribution in [3.05, 3.63) is 53.2 Å². The lowest BCUT2D eigenvalue weighted by atomic mass is 10.3. The Morgan fingerprint density at radius 3 is 2.67 bits per heavy atom. The van der Waals surface area contributed by atoms with Gasteiger partial charge in [0.2, 0.25) is 6.23 Å². The van der Waals surface area contributed by atoms with E-state index in [9.17, 15) is 9.59 Å². The second kappa shape index (κ2) is 6.44. The van der Waals surface area contributed by atoms with Gasteiger partial charge in [-0.2, -0.15) is 0 Å². The van der Waals surface area contributed by atoms with Gasteiger partial charge in [-0.15, -0.1) is 0 Å². The third kappa shape index (κ3) is 2.91. The monoisotopic (exact) mass is 384 g/mol. The molecule has 0 bridgehead atoms. The summed E-state index contributed by atoms with van der Waals surface area (Å²) in [4.78, 5) is 44.3. The van der Waals surface area contributed by atoms with E-state index in [-0.39, 0.29) is 22.4 Å². The predicted octanol–water partition coefficient (Wildman–Crippen LogP) is 2.43. The van der Waals surface area contributed by atoms with Gasteiger partial charge in [-0.1, -0.05) is 11.6 Å². The second-order valence-corrected chi connectivity index (χ2v) is 6.33. The lowest BCUT2D eigenvalue weighted by Gasteiger charge is -2.24. The number of hydrogen-bond acceptors (Lipinski definition) is 7. The van der Waals surface area contributed by atoms with Crippen LogP contribution in [-0.4, -0.2) is 50.9 Å². The Morgan fingerprint density at radius 1 is 1.15 bits per heavy atom. The smallest absolute Gasteiger partial charge is 0.411 e. The number of anilines is 1. The van der Waals surface area contributed by atoms with E-state index in [1.165, 1.54) is 22.2 Å². The molecule has 0 radical (unpaired) electrons. The third-order valence-electron chi connectivity index (χ3n) is 3.94. The van der Waals surface area contributed by atoms with Crippen molar-refractivity contribution in [2.45, 2.75) is 6.23 Å². The van der Waals surface area contributed by atoms with Crippen LogP contribution < -0.4 is 4.90 Å². The van der Waals surface area contributed by atoms with Gasteiger partial charge in [0.25, 0.3) is 5.91 Å². The quantitative estimate of drug-likeness (QED) is 0.625. The maximum Gasteiger partial charge on any atom is 0.411 e. The summed E-state index contributed by atoms with van der Waals surface area (Å²) >= 11 is 5.94. The maximum absolute atomic E-state index is 12.9. The van der Waals surface area contributed by atoms with Crippen molar-refractivity contribution < 1.29 is 14.3 Å². The van der Waals surface area contributed by atoms with E-state index >= 15 is 0 Å². The van der Waals surface area contributed by atoms with Gasteiger partial charge in [-0.3, -0.25) is 9.78 Å². The molecule has 3 aromatic rings. The molecule has 136 valence electrons. The third-order valence-corrected chi connectivity index (χ3v) is 4.16. The fraction of sp³-hybridized carbons (Fsp3) is 0.176. The highest BCUT2D eigenvalue weighted by molar-refractivity contribution is 6.29. The van der Waals surface area contributed by atoms with Crippen LogP contribution in [0.25, 0.3) is 11.0 Å². The molecule has 1 aliphatic rings. The van der Waals surface area contributed by atoms with E-state index in [1.807, 2.05) is 0 Å². The number of carbonyl (C=O) groups is 2. The Labute approximate surface area is 158 Å². The second-order valence-electron chi connectivity index (χ2n) is 5.95. The lowest BCUT2D eigenvalue weighted by Crippen LogP contribution is -2.34. The molecule has 1 atom stereocenters. The zero-order valence-electron chi connectivity index (χ0n) is 14.3. The van der Waals surface area contributed by atoms with Crippen LogP contribution in [0.15, 0.2) is 36.7 Å². The van der Waals surface area contributed by atoms with Gasteiger partial charge in [-0.05, 0) is 24.3 Å². The van der Waals surface area contributed by atoms with Gasteiger partial charge in [0.05, 0.1) is 0 Å². The van der Waals surface area contributed by atoms with Crippen LogP contribution in [0.1, 0.15) is 22.4 Å². The highest BCUT2D eigenvalue weighted by Crippen LogP contribution is 2.36. The SMILES string of the molecule is CN(C)C(=O)OC1c2nccnc2C(=O)N1c1ccc2ccc(Cl)nc2n1. The largest absolute Gasteiger partial charge is 0.419 e. The van der Waals surface area contributed by atoms with E-state index < -0.39 is 18.2 Å². The minimum atomic E-state index is -1.08. The normalized spacial score (nSPS) is 15.7. The average Bonchev–Trinajstić information content (AvgIpc) is 2.93. The zero-order chi connectivity index (χ0) is 19.1. The van der Waals surface area contributed by atoms with Crippen molar-refractivity contribution in [2.75, 3.05) is 19.0 Å². The number of pyridine rings is 2. The number of amides is 2. The van der Waals surface area contributed by atoms with Crippen molar-refractivity contribution in [3.63, 3.8) is 0 Å². The summed E-state index contributed by atoms with van der Waals surface area (Å²) in [6.45, 7) is 0. The Bertz CT molecular complexity index is 1070. The average molecular weight is 385 g/mol. The molecule has 9 nitrogen and oxygen atoms in total. The number of ether oxygens (including phenoxy) is 1. The molecular weight excluding hydrogens is 372 g/mol. The first-order chi connectivity index (χ1) is 13.0. The van der Waals surface area contributed by atoms with Gasteiger partial charge in [0.1, 0.15) is 16.7 Å². The molecule has 2 amide bonds. The molecule has 27 heavy (non-hydrogen) atoms. The first-order valence-corrected chi connectivity index (χ1v) is 8.29. The summed E-state index contributed by atoms with van der Waals surface area (Å²) in [6.07, 6.45) is 1.13. The number of carbonyl (C=O) groups excluding carboxylic acids is 2.